The predicted molar refractivity (Wildman–Crippen MR) is 63.2 cm³/mol. The van der Waals surface area contributed by atoms with Gasteiger partial charge in [0, 0.05) is 5.39 Å². The van der Waals surface area contributed by atoms with Crippen molar-refractivity contribution in [3.63, 3.8) is 0 Å². The first-order valence-electron chi connectivity index (χ1n) is 4.87. The smallest absolute Gasteiger partial charge is 0.282 e. The minimum absolute atomic E-state index is 0.0220. The number of hydrogen-bond donors (Lipinski definition) is 1. The van der Waals surface area contributed by atoms with Crippen molar-refractivity contribution in [1.82, 2.24) is 0 Å². The Morgan fingerprint density at radius 2 is 1.62 bits per heavy atom. The van der Waals surface area contributed by atoms with Crippen LogP contribution in [0.25, 0.3) is 10.8 Å². The molecule has 0 unspecified atom stereocenters. The van der Waals surface area contributed by atoms with Crippen LogP contribution in [0, 0.1) is 13.8 Å². The first-order chi connectivity index (χ1) is 7.41. The zero-order valence-corrected chi connectivity index (χ0v) is 9.88. The summed E-state index contributed by atoms with van der Waals surface area (Å²) in [7, 11) is -4.17. The van der Waals surface area contributed by atoms with Gasteiger partial charge in [0.1, 0.15) is 4.90 Å². The van der Waals surface area contributed by atoms with Gasteiger partial charge in [-0.1, -0.05) is 24.3 Å². The molecule has 1 N–H and O–H groups in total. The van der Waals surface area contributed by atoms with E-state index in [0.717, 1.165) is 16.5 Å². The fourth-order valence-electron chi connectivity index (χ4n) is 1.90. The average molecular weight is 236 g/mol. The van der Waals surface area contributed by atoms with Gasteiger partial charge in [0.2, 0.25) is 0 Å². The van der Waals surface area contributed by atoms with E-state index in [1.165, 1.54) is 6.07 Å². The minimum Gasteiger partial charge on any atom is -0.282 e. The molecular weight excluding hydrogens is 224 g/mol. The third-order valence-electron chi connectivity index (χ3n) is 2.71. The van der Waals surface area contributed by atoms with Crippen molar-refractivity contribution >= 4 is 20.9 Å². The molecule has 0 aliphatic carbocycles. The molecule has 0 radical (unpaired) electrons. The second kappa shape index (κ2) is 3.57. The average Bonchev–Trinajstić information content (AvgIpc) is 2.22. The molecule has 2 aromatic rings. The van der Waals surface area contributed by atoms with E-state index in [1.54, 1.807) is 6.07 Å². The summed E-state index contributed by atoms with van der Waals surface area (Å²) in [6.45, 7) is 3.74. The molecule has 0 fully saturated rings. The van der Waals surface area contributed by atoms with E-state index in [2.05, 4.69) is 0 Å². The lowest BCUT2D eigenvalue weighted by Crippen LogP contribution is -2.00. The highest BCUT2D eigenvalue weighted by atomic mass is 32.2. The van der Waals surface area contributed by atoms with Gasteiger partial charge in [0.25, 0.3) is 10.1 Å². The Hall–Kier alpha value is -1.39. The fourth-order valence-corrected chi connectivity index (χ4v) is 2.68. The van der Waals surface area contributed by atoms with Crippen LogP contribution in [-0.2, 0) is 10.1 Å². The van der Waals surface area contributed by atoms with Crippen molar-refractivity contribution in [3.05, 3.63) is 41.5 Å². The molecule has 0 bridgehead atoms. The normalized spacial score (nSPS) is 11.9. The highest BCUT2D eigenvalue weighted by Crippen LogP contribution is 2.28. The SMILES string of the molecule is Cc1ccc(C)c2c(S(=O)(=O)O)cccc12. The molecule has 16 heavy (non-hydrogen) atoms. The lowest BCUT2D eigenvalue weighted by Gasteiger charge is -2.09. The molecular formula is C12H12O3S. The second-order valence-corrected chi connectivity index (χ2v) is 5.24. The van der Waals surface area contributed by atoms with Gasteiger partial charge in [-0.15, -0.1) is 0 Å². The highest BCUT2D eigenvalue weighted by Gasteiger charge is 2.15. The summed E-state index contributed by atoms with van der Waals surface area (Å²) in [6, 6.07) is 8.70. The summed E-state index contributed by atoms with van der Waals surface area (Å²) in [4.78, 5) is -0.0220. The molecule has 0 amide bonds. The molecule has 0 aliphatic rings. The first-order valence-corrected chi connectivity index (χ1v) is 6.31. The van der Waals surface area contributed by atoms with Gasteiger partial charge in [-0.2, -0.15) is 8.42 Å². The Kier molecular flexibility index (Phi) is 2.48. The molecule has 0 atom stereocenters. The number of aryl methyl sites for hydroxylation is 2. The Balaban J connectivity index is 3.04. The molecule has 0 spiro atoms. The molecule has 2 aromatic carbocycles. The first kappa shape index (κ1) is 11.1. The van der Waals surface area contributed by atoms with Crippen molar-refractivity contribution < 1.29 is 13.0 Å². The quantitative estimate of drug-likeness (QED) is 0.774. The second-order valence-electron chi connectivity index (χ2n) is 3.85. The van der Waals surface area contributed by atoms with Gasteiger partial charge in [-0.25, -0.2) is 0 Å². The fraction of sp³-hybridized carbons (Fsp3) is 0.167. The van der Waals surface area contributed by atoms with Crippen LogP contribution in [0.2, 0.25) is 0 Å². The predicted octanol–water partition coefficient (Wildman–Crippen LogP) is 2.70. The summed E-state index contributed by atoms with van der Waals surface area (Å²) in [5.74, 6) is 0. The number of benzene rings is 2. The monoisotopic (exact) mass is 236 g/mol. The minimum atomic E-state index is -4.17. The maximum atomic E-state index is 11.3. The van der Waals surface area contributed by atoms with Crippen LogP contribution in [0.3, 0.4) is 0 Å². The van der Waals surface area contributed by atoms with Crippen molar-refractivity contribution in [2.24, 2.45) is 0 Å². The summed E-state index contributed by atoms with van der Waals surface area (Å²) in [6.07, 6.45) is 0. The van der Waals surface area contributed by atoms with Gasteiger partial charge in [0.05, 0.1) is 0 Å². The van der Waals surface area contributed by atoms with E-state index in [0.29, 0.717) is 5.39 Å². The van der Waals surface area contributed by atoms with Crippen molar-refractivity contribution in [2.75, 3.05) is 0 Å². The Bertz CT molecular complexity index is 657. The molecule has 84 valence electrons. The highest BCUT2D eigenvalue weighted by molar-refractivity contribution is 7.86. The van der Waals surface area contributed by atoms with E-state index < -0.39 is 10.1 Å². The lowest BCUT2D eigenvalue weighted by atomic mass is 10.0. The van der Waals surface area contributed by atoms with Crippen molar-refractivity contribution in [3.8, 4) is 0 Å². The molecule has 0 aliphatic heterocycles. The topological polar surface area (TPSA) is 54.4 Å². The summed E-state index contributed by atoms with van der Waals surface area (Å²) < 4.78 is 31.7. The molecule has 4 heteroatoms. The van der Waals surface area contributed by atoms with Crippen LogP contribution in [-0.4, -0.2) is 13.0 Å². The van der Waals surface area contributed by atoms with E-state index in [1.807, 2.05) is 32.0 Å². The Labute approximate surface area is 94.5 Å². The summed E-state index contributed by atoms with van der Waals surface area (Å²) in [5.41, 5.74) is 1.83. The molecule has 3 nitrogen and oxygen atoms in total. The van der Waals surface area contributed by atoms with Gasteiger partial charge >= 0.3 is 0 Å². The van der Waals surface area contributed by atoms with E-state index in [4.69, 9.17) is 0 Å². The van der Waals surface area contributed by atoms with Gasteiger partial charge in [0.15, 0.2) is 0 Å². The maximum Gasteiger partial charge on any atom is 0.295 e. The third kappa shape index (κ3) is 1.70. The van der Waals surface area contributed by atoms with E-state index in [9.17, 15) is 13.0 Å². The largest absolute Gasteiger partial charge is 0.295 e. The van der Waals surface area contributed by atoms with Gasteiger partial charge < -0.3 is 0 Å². The Morgan fingerprint density at radius 1 is 1.00 bits per heavy atom. The van der Waals surface area contributed by atoms with Crippen LogP contribution in [0.1, 0.15) is 11.1 Å². The summed E-state index contributed by atoms with van der Waals surface area (Å²) in [5, 5.41) is 1.46. The zero-order chi connectivity index (χ0) is 11.9. The van der Waals surface area contributed by atoms with E-state index in [-0.39, 0.29) is 4.90 Å². The summed E-state index contributed by atoms with van der Waals surface area (Å²) >= 11 is 0. The number of fused-ring (bicyclic) bond motifs is 1. The molecule has 0 saturated carbocycles. The lowest BCUT2D eigenvalue weighted by molar-refractivity contribution is 0.484. The zero-order valence-electron chi connectivity index (χ0n) is 9.06. The molecule has 0 aromatic heterocycles. The van der Waals surface area contributed by atoms with Crippen LogP contribution in [0.15, 0.2) is 35.2 Å². The van der Waals surface area contributed by atoms with Crippen LogP contribution in [0.4, 0.5) is 0 Å². The maximum absolute atomic E-state index is 11.3. The van der Waals surface area contributed by atoms with Crippen molar-refractivity contribution in [1.29, 1.82) is 0 Å². The number of hydrogen-bond acceptors (Lipinski definition) is 2. The van der Waals surface area contributed by atoms with Gasteiger partial charge in [-0.05, 0) is 36.4 Å². The molecule has 0 saturated heterocycles. The van der Waals surface area contributed by atoms with Crippen LogP contribution in [0.5, 0.6) is 0 Å². The standard InChI is InChI=1S/C12H12O3S/c1-8-6-7-9(2)12-10(8)4-3-5-11(12)16(13,14)15/h3-7H,1-2H3,(H,13,14,15). The molecule has 0 heterocycles. The van der Waals surface area contributed by atoms with Gasteiger partial charge in [-0.3, -0.25) is 4.55 Å². The van der Waals surface area contributed by atoms with E-state index >= 15 is 0 Å². The van der Waals surface area contributed by atoms with Crippen molar-refractivity contribution in [2.45, 2.75) is 18.7 Å². The number of rotatable bonds is 1. The third-order valence-corrected chi connectivity index (χ3v) is 3.60. The Morgan fingerprint density at radius 3 is 2.25 bits per heavy atom. The van der Waals surface area contributed by atoms with Crippen LogP contribution < -0.4 is 0 Å². The van der Waals surface area contributed by atoms with Crippen LogP contribution >= 0.6 is 0 Å². The molecule has 2 rings (SSSR count).